The lowest BCUT2D eigenvalue weighted by atomic mass is 10.0. The average Bonchev–Trinajstić information content (AvgIpc) is 2.67. The first-order valence-electron chi connectivity index (χ1n) is 5.95. The van der Waals surface area contributed by atoms with E-state index in [0.29, 0.717) is 6.54 Å². The molecule has 1 aliphatic rings. The van der Waals surface area contributed by atoms with E-state index in [2.05, 4.69) is 11.8 Å². The van der Waals surface area contributed by atoms with Crippen LogP contribution < -0.4 is 5.73 Å². The van der Waals surface area contributed by atoms with E-state index in [9.17, 15) is 4.39 Å². The first-order chi connectivity index (χ1) is 7.70. The maximum absolute atomic E-state index is 13.7. The van der Waals surface area contributed by atoms with Crippen LogP contribution in [0.15, 0.2) is 18.2 Å². The summed E-state index contributed by atoms with van der Waals surface area (Å²) in [6, 6.07) is 5.60. The third kappa shape index (κ3) is 2.42. The molecule has 1 atom stereocenters. The van der Waals surface area contributed by atoms with E-state index >= 15 is 0 Å². The lowest BCUT2D eigenvalue weighted by Crippen LogP contribution is -2.26. The van der Waals surface area contributed by atoms with Crippen LogP contribution in [0.1, 0.15) is 24.5 Å². The highest BCUT2D eigenvalue weighted by atomic mass is 19.1. The summed E-state index contributed by atoms with van der Waals surface area (Å²) in [6.07, 6.45) is 1.91. The number of hydrogen-bond donors (Lipinski definition) is 1. The molecule has 1 aromatic rings. The minimum Gasteiger partial charge on any atom is -0.326 e. The molecule has 0 amide bonds. The van der Waals surface area contributed by atoms with Crippen LogP contribution in [0.3, 0.4) is 0 Å². The van der Waals surface area contributed by atoms with Crippen molar-refractivity contribution in [2.24, 2.45) is 5.73 Å². The molecule has 0 bridgehead atoms. The molecule has 2 rings (SSSR count). The van der Waals surface area contributed by atoms with E-state index in [1.807, 2.05) is 6.07 Å². The maximum Gasteiger partial charge on any atom is 0.127 e. The van der Waals surface area contributed by atoms with Crippen molar-refractivity contribution in [3.05, 3.63) is 35.1 Å². The topological polar surface area (TPSA) is 29.3 Å². The summed E-state index contributed by atoms with van der Waals surface area (Å²) >= 11 is 0. The standard InChI is InChI=1S/C13H19FN2/c1-2-10-4-3-5-13(14)12(10)9-16-7-6-11(15)8-16/h3-5,11H,2,6-9,15H2,1H3. The number of nitrogens with two attached hydrogens (primary N) is 1. The fourth-order valence-corrected chi connectivity index (χ4v) is 2.34. The van der Waals surface area contributed by atoms with Gasteiger partial charge in [0.25, 0.3) is 0 Å². The Kier molecular flexibility index (Phi) is 3.56. The largest absolute Gasteiger partial charge is 0.326 e. The molecule has 1 fully saturated rings. The molecule has 0 spiro atoms. The summed E-state index contributed by atoms with van der Waals surface area (Å²) < 4.78 is 13.7. The quantitative estimate of drug-likeness (QED) is 0.846. The smallest absolute Gasteiger partial charge is 0.127 e. The zero-order chi connectivity index (χ0) is 11.5. The van der Waals surface area contributed by atoms with E-state index in [4.69, 9.17) is 5.73 Å². The third-order valence-corrected chi connectivity index (χ3v) is 3.29. The minimum atomic E-state index is -0.0835. The molecule has 1 unspecified atom stereocenters. The van der Waals surface area contributed by atoms with Crippen molar-refractivity contribution in [3.63, 3.8) is 0 Å². The first-order valence-corrected chi connectivity index (χ1v) is 5.95. The molecule has 16 heavy (non-hydrogen) atoms. The van der Waals surface area contributed by atoms with Crippen molar-refractivity contribution in [3.8, 4) is 0 Å². The van der Waals surface area contributed by atoms with Gasteiger partial charge < -0.3 is 5.73 Å². The second-order valence-corrected chi connectivity index (χ2v) is 4.51. The van der Waals surface area contributed by atoms with E-state index in [-0.39, 0.29) is 11.9 Å². The third-order valence-electron chi connectivity index (χ3n) is 3.29. The zero-order valence-corrected chi connectivity index (χ0v) is 9.75. The number of benzene rings is 1. The van der Waals surface area contributed by atoms with Crippen molar-refractivity contribution in [2.75, 3.05) is 13.1 Å². The molecular weight excluding hydrogens is 203 g/mol. The Morgan fingerprint density at radius 2 is 2.31 bits per heavy atom. The van der Waals surface area contributed by atoms with Crippen LogP contribution in [0.4, 0.5) is 4.39 Å². The van der Waals surface area contributed by atoms with Gasteiger partial charge in [-0.25, -0.2) is 4.39 Å². The van der Waals surface area contributed by atoms with Crippen molar-refractivity contribution >= 4 is 0 Å². The fraction of sp³-hybridized carbons (Fsp3) is 0.538. The summed E-state index contributed by atoms with van der Waals surface area (Å²) in [5.74, 6) is -0.0835. The molecule has 1 saturated heterocycles. The summed E-state index contributed by atoms with van der Waals surface area (Å²) in [5, 5.41) is 0. The monoisotopic (exact) mass is 222 g/mol. The molecule has 0 aliphatic carbocycles. The van der Waals surface area contributed by atoms with Crippen LogP contribution >= 0.6 is 0 Å². The van der Waals surface area contributed by atoms with Gasteiger partial charge in [0.15, 0.2) is 0 Å². The summed E-state index contributed by atoms with van der Waals surface area (Å²) in [7, 11) is 0. The van der Waals surface area contributed by atoms with Gasteiger partial charge in [-0.2, -0.15) is 0 Å². The molecule has 1 aromatic carbocycles. The van der Waals surface area contributed by atoms with Crippen molar-refractivity contribution in [2.45, 2.75) is 32.4 Å². The number of rotatable bonds is 3. The highest BCUT2D eigenvalue weighted by Gasteiger charge is 2.20. The molecule has 3 heteroatoms. The zero-order valence-electron chi connectivity index (χ0n) is 9.75. The Labute approximate surface area is 96.2 Å². The van der Waals surface area contributed by atoms with Crippen LogP contribution in [0.25, 0.3) is 0 Å². The fourth-order valence-electron chi connectivity index (χ4n) is 2.34. The highest BCUT2D eigenvalue weighted by molar-refractivity contribution is 5.28. The molecule has 0 radical (unpaired) electrons. The second-order valence-electron chi connectivity index (χ2n) is 4.51. The van der Waals surface area contributed by atoms with E-state index in [1.165, 1.54) is 0 Å². The number of halogens is 1. The molecule has 0 saturated carbocycles. The van der Waals surface area contributed by atoms with Crippen LogP contribution in [0.5, 0.6) is 0 Å². The second kappa shape index (κ2) is 4.93. The molecule has 2 N–H and O–H groups in total. The maximum atomic E-state index is 13.7. The van der Waals surface area contributed by atoms with Gasteiger partial charge in [-0.15, -0.1) is 0 Å². The Morgan fingerprint density at radius 1 is 1.50 bits per heavy atom. The summed E-state index contributed by atoms with van der Waals surface area (Å²) in [6.45, 7) is 4.63. The summed E-state index contributed by atoms with van der Waals surface area (Å²) in [5.41, 5.74) is 7.81. The Morgan fingerprint density at radius 3 is 2.94 bits per heavy atom. The molecular formula is C13H19FN2. The first kappa shape index (κ1) is 11.6. The predicted molar refractivity (Wildman–Crippen MR) is 63.6 cm³/mol. The van der Waals surface area contributed by atoms with Crippen LogP contribution in [0.2, 0.25) is 0 Å². The number of likely N-dealkylation sites (tertiary alicyclic amines) is 1. The Balaban J connectivity index is 2.14. The molecule has 1 aliphatic heterocycles. The van der Waals surface area contributed by atoms with Gasteiger partial charge in [0, 0.05) is 31.2 Å². The van der Waals surface area contributed by atoms with Crippen molar-refractivity contribution < 1.29 is 4.39 Å². The molecule has 1 heterocycles. The number of aryl methyl sites for hydroxylation is 1. The van der Waals surface area contributed by atoms with Gasteiger partial charge in [-0.3, -0.25) is 4.90 Å². The number of nitrogens with zero attached hydrogens (tertiary/aromatic N) is 1. The average molecular weight is 222 g/mol. The lowest BCUT2D eigenvalue weighted by molar-refractivity contribution is 0.320. The van der Waals surface area contributed by atoms with Crippen molar-refractivity contribution in [1.29, 1.82) is 0 Å². The van der Waals surface area contributed by atoms with Gasteiger partial charge in [-0.1, -0.05) is 19.1 Å². The lowest BCUT2D eigenvalue weighted by Gasteiger charge is -2.18. The number of hydrogen-bond acceptors (Lipinski definition) is 2. The van der Waals surface area contributed by atoms with Gasteiger partial charge in [-0.05, 0) is 24.5 Å². The minimum absolute atomic E-state index is 0.0835. The predicted octanol–water partition coefficient (Wildman–Crippen LogP) is 1.92. The van der Waals surface area contributed by atoms with E-state index in [0.717, 1.165) is 37.1 Å². The van der Waals surface area contributed by atoms with Gasteiger partial charge >= 0.3 is 0 Å². The van der Waals surface area contributed by atoms with Gasteiger partial charge in [0.2, 0.25) is 0 Å². The normalized spacial score (nSPS) is 21.6. The molecule has 0 aromatic heterocycles. The van der Waals surface area contributed by atoms with Gasteiger partial charge in [0.05, 0.1) is 0 Å². The summed E-state index contributed by atoms with van der Waals surface area (Å²) in [4.78, 5) is 2.24. The van der Waals surface area contributed by atoms with Gasteiger partial charge in [0.1, 0.15) is 5.82 Å². The highest BCUT2D eigenvalue weighted by Crippen LogP contribution is 2.19. The van der Waals surface area contributed by atoms with E-state index in [1.54, 1.807) is 12.1 Å². The SMILES string of the molecule is CCc1cccc(F)c1CN1CCC(N)C1. The Hall–Kier alpha value is -0.930. The van der Waals surface area contributed by atoms with Crippen LogP contribution in [-0.4, -0.2) is 24.0 Å². The van der Waals surface area contributed by atoms with E-state index < -0.39 is 0 Å². The van der Waals surface area contributed by atoms with Crippen molar-refractivity contribution in [1.82, 2.24) is 4.90 Å². The van der Waals surface area contributed by atoms with Crippen LogP contribution in [0, 0.1) is 5.82 Å². The molecule has 88 valence electrons. The Bertz CT molecular complexity index is 365. The van der Waals surface area contributed by atoms with Crippen LogP contribution in [-0.2, 0) is 13.0 Å². The molecule has 2 nitrogen and oxygen atoms in total.